The van der Waals surface area contributed by atoms with Gasteiger partial charge in [0.2, 0.25) is 5.91 Å². The number of aryl methyl sites for hydroxylation is 1. The minimum Gasteiger partial charge on any atom is -0.375 e. The number of benzene rings is 1. The third kappa shape index (κ3) is 3.72. The molecule has 82 valence electrons. The summed E-state index contributed by atoms with van der Waals surface area (Å²) < 4.78 is 4.79. The molecule has 0 aliphatic carbocycles. The fourth-order valence-electron chi connectivity index (χ4n) is 1.29. The highest BCUT2D eigenvalue weighted by Crippen LogP contribution is 2.05. The van der Waals surface area contributed by atoms with Crippen LogP contribution in [0.5, 0.6) is 0 Å². The minimum atomic E-state index is -0.00178. The Labute approximate surface area is 90.7 Å². The van der Waals surface area contributed by atoms with Crippen molar-refractivity contribution in [3.8, 4) is 0 Å². The van der Waals surface area contributed by atoms with Crippen molar-refractivity contribution in [2.75, 3.05) is 20.8 Å². The first-order valence-corrected chi connectivity index (χ1v) is 4.92. The molecule has 0 heterocycles. The van der Waals surface area contributed by atoms with Gasteiger partial charge in [0.1, 0.15) is 6.61 Å². The molecule has 0 N–H and O–H groups in total. The van der Waals surface area contributed by atoms with Gasteiger partial charge in [-0.3, -0.25) is 4.79 Å². The van der Waals surface area contributed by atoms with E-state index >= 15 is 0 Å². The van der Waals surface area contributed by atoms with Gasteiger partial charge in [0.15, 0.2) is 0 Å². The number of rotatable bonds is 4. The second-order valence-electron chi connectivity index (χ2n) is 3.67. The fourth-order valence-corrected chi connectivity index (χ4v) is 1.29. The van der Waals surface area contributed by atoms with Crippen molar-refractivity contribution in [1.82, 2.24) is 4.90 Å². The zero-order valence-corrected chi connectivity index (χ0v) is 9.49. The van der Waals surface area contributed by atoms with E-state index in [4.69, 9.17) is 4.74 Å². The van der Waals surface area contributed by atoms with Crippen molar-refractivity contribution in [3.63, 3.8) is 0 Å². The highest BCUT2D eigenvalue weighted by molar-refractivity contribution is 5.77. The van der Waals surface area contributed by atoms with Gasteiger partial charge < -0.3 is 9.64 Å². The standard InChI is InChI=1S/C12H17NO2/c1-10-4-6-11(7-5-10)8-13(2)12(14)9-15-3/h4-7H,8-9H2,1-3H3. The third-order valence-corrected chi connectivity index (χ3v) is 2.23. The average Bonchev–Trinajstić information content (AvgIpc) is 2.22. The molecule has 0 aliphatic heterocycles. The Bertz CT molecular complexity index is 319. The Kier molecular flexibility index (Phi) is 4.31. The van der Waals surface area contributed by atoms with Crippen LogP contribution in [0.25, 0.3) is 0 Å². The van der Waals surface area contributed by atoms with E-state index in [1.165, 1.54) is 12.7 Å². The normalized spacial score (nSPS) is 10.1. The van der Waals surface area contributed by atoms with Gasteiger partial charge >= 0.3 is 0 Å². The SMILES string of the molecule is COCC(=O)N(C)Cc1ccc(C)cc1. The maximum atomic E-state index is 11.4. The molecular weight excluding hydrogens is 190 g/mol. The molecule has 1 amide bonds. The molecule has 0 bridgehead atoms. The van der Waals surface area contributed by atoms with Crippen molar-refractivity contribution >= 4 is 5.91 Å². The number of hydrogen-bond acceptors (Lipinski definition) is 2. The van der Waals surface area contributed by atoms with Crippen LogP contribution in [0.2, 0.25) is 0 Å². The highest BCUT2D eigenvalue weighted by atomic mass is 16.5. The molecule has 0 fully saturated rings. The first-order chi connectivity index (χ1) is 7.13. The van der Waals surface area contributed by atoms with E-state index in [0.29, 0.717) is 6.54 Å². The van der Waals surface area contributed by atoms with Gasteiger partial charge in [-0.25, -0.2) is 0 Å². The van der Waals surface area contributed by atoms with Crippen LogP contribution in [0.15, 0.2) is 24.3 Å². The maximum Gasteiger partial charge on any atom is 0.248 e. The number of nitrogens with zero attached hydrogens (tertiary/aromatic N) is 1. The number of hydrogen-bond donors (Lipinski definition) is 0. The number of carbonyl (C=O) groups is 1. The fraction of sp³-hybridized carbons (Fsp3) is 0.417. The summed E-state index contributed by atoms with van der Waals surface area (Å²) in [7, 11) is 3.30. The van der Waals surface area contributed by atoms with Gasteiger partial charge in [-0.2, -0.15) is 0 Å². The summed E-state index contributed by atoms with van der Waals surface area (Å²) in [4.78, 5) is 13.1. The first-order valence-electron chi connectivity index (χ1n) is 4.92. The van der Waals surface area contributed by atoms with Crippen molar-refractivity contribution in [2.24, 2.45) is 0 Å². The van der Waals surface area contributed by atoms with Crippen LogP contribution in [0.4, 0.5) is 0 Å². The van der Waals surface area contributed by atoms with Crippen molar-refractivity contribution in [1.29, 1.82) is 0 Å². The molecule has 0 radical (unpaired) electrons. The summed E-state index contributed by atoms with van der Waals surface area (Å²) in [5, 5.41) is 0. The number of likely N-dealkylation sites (N-methyl/N-ethyl adjacent to an activating group) is 1. The Morgan fingerprint density at radius 1 is 1.33 bits per heavy atom. The summed E-state index contributed by atoms with van der Waals surface area (Å²) in [5.74, 6) is -0.00178. The number of amides is 1. The van der Waals surface area contributed by atoms with E-state index in [9.17, 15) is 4.79 Å². The molecule has 3 heteroatoms. The van der Waals surface area contributed by atoms with Crippen LogP contribution in [0.1, 0.15) is 11.1 Å². The summed E-state index contributed by atoms with van der Waals surface area (Å²) in [6.45, 7) is 2.81. The van der Waals surface area contributed by atoms with Crippen LogP contribution >= 0.6 is 0 Å². The summed E-state index contributed by atoms with van der Waals surface area (Å²) in [6, 6.07) is 8.16. The van der Waals surface area contributed by atoms with Gasteiger partial charge in [0.05, 0.1) is 0 Å². The highest BCUT2D eigenvalue weighted by Gasteiger charge is 2.07. The molecule has 0 saturated heterocycles. The van der Waals surface area contributed by atoms with E-state index < -0.39 is 0 Å². The van der Waals surface area contributed by atoms with Crippen LogP contribution in [0.3, 0.4) is 0 Å². The summed E-state index contributed by atoms with van der Waals surface area (Å²) in [6.07, 6.45) is 0. The Morgan fingerprint density at radius 3 is 2.47 bits per heavy atom. The minimum absolute atomic E-state index is 0.00178. The Hall–Kier alpha value is -1.35. The molecule has 0 atom stereocenters. The van der Waals surface area contributed by atoms with Crippen LogP contribution in [-0.2, 0) is 16.1 Å². The van der Waals surface area contributed by atoms with E-state index in [0.717, 1.165) is 5.56 Å². The molecule has 3 nitrogen and oxygen atoms in total. The zero-order valence-electron chi connectivity index (χ0n) is 9.49. The van der Waals surface area contributed by atoms with Gasteiger partial charge in [0.25, 0.3) is 0 Å². The van der Waals surface area contributed by atoms with Gasteiger partial charge in [-0.1, -0.05) is 29.8 Å². The Morgan fingerprint density at radius 2 is 1.93 bits per heavy atom. The molecule has 0 saturated carbocycles. The van der Waals surface area contributed by atoms with Crippen LogP contribution in [0, 0.1) is 6.92 Å². The molecular formula is C12H17NO2. The quantitative estimate of drug-likeness (QED) is 0.750. The molecule has 1 aromatic rings. The maximum absolute atomic E-state index is 11.4. The van der Waals surface area contributed by atoms with Gasteiger partial charge in [0, 0.05) is 20.7 Å². The second kappa shape index (κ2) is 5.51. The Balaban J connectivity index is 2.54. The molecule has 1 rings (SSSR count). The summed E-state index contributed by atoms with van der Waals surface area (Å²) >= 11 is 0. The topological polar surface area (TPSA) is 29.5 Å². The molecule has 1 aromatic carbocycles. The van der Waals surface area contributed by atoms with Crippen molar-refractivity contribution in [2.45, 2.75) is 13.5 Å². The zero-order chi connectivity index (χ0) is 11.3. The lowest BCUT2D eigenvalue weighted by Gasteiger charge is -2.16. The van der Waals surface area contributed by atoms with Gasteiger partial charge in [-0.05, 0) is 12.5 Å². The molecule has 0 unspecified atom stereocenters. The smallest absolute Gasteiger partial charge is 0.248 e. The van der Waals surface area contributed by atoms with E-state index in [1.807, 2.05) is 31.2 Å². The largest absolute Gasteiger partial charge is 0.375 e. The molecule has 0 aromatic heterocycles. The molecule has 0 aliphatic rings. The lowest BCUT2D eigenvalue weighted by Crippen LogP contribution is -2.29. The van der Waals surface area contributed by atoms with E-state index in [-0.39, 0.29) is 12.5 Å². The van der Waals surface area contributed by atoms with Crippen LogP contribution in [-0.4, -0.2) is 31.6 Å². The van der Waals surface area contributed by atoms with Crippen LogP contribution < -0.4 is 0 Å². The second-order valence-corrected chi connectivity index (χ2v) is 3.67. The lowest BCUT2D eigenvalue weighted by molar-refractivity contribution is -0.134. The van der Waals surface area contributed by atoms with Crippen molar-refractivity contribution < 1.29 is 9.53 Å². The van der Waals surface area contributed by atoms with Crippen molar-refractivity contribution in [3.05, 3.63) is 35.4 Å². The van der Waals surface area contributed by atoms with E-state index in [2.05, 4.69) is 0 Å². The average molecular weight is 207 g/mol. The number of methoxy groups -OCH3 is 1. The molecule has 15 heavy (non-hydrogen) atoms. The van der Waals surface area contributed by atoms with Gasteiger partial charge in [-0.15, -0.1) is 0 Å². The number of ether oxygens (including phenoxy) is 1. The first kappa shape index (κ1) is 11.7. The van der Waals surface area contributed by atoms with E-state index in [1.54, 1.807) is 11.9 Å². The predicted molar refractivity (Wildman–Crippen MR) is 59.5 cm³/mol. The monoisotopic (exact) mass is 207 g/mol. The lowest BCUT2D eigenvalue weighted by atomic mass is 10.1. The number of carbonyl (C=O) groups excluding carboxylic acids is 1. The summed E-state index contributed by atoms with van der Waals surface area (Å²) in [5.41, 5.74) is 2.36. The predicted octanol–water partition coefficient (Wildman–Crippen LogP) is 1.60. The molecule has 0 spiro atoms. The third-order valence-electron chi connectivity index (χ3n) is 2.23.